The van der Waals surface area contributed by atoms with E-state index in [4.69, 9.17) is 4.74 Å². The van der Waals surface area contributed by atoms with Crippen LogP contribution in [0.2, 0.25) is 0 Å². The monoisotopic (exact) mass is 337 g/mol. The number of ether oxygens (including phenoxy) is 1. The van der Waals surface area contributed by atoms with Crippen molar-refractivity contribution in [2.45, 2.75) is 46.1 Å². The molecule has 1 N–H and O–H groups in total. The first-order chi connectivity index (χ1) is 11.1. The number of methoxy groups -OCH3 is 1. The van der Waals surface area contributed by atoms with Gasteiger partial charge in [0.1, 0.15) is 5.41 Å². The Hall–Kier alpha value is -1.89. The molecule has 2 rings (SSSR count). The number of hydrogen-bond donors (Lipinski definition) is 1. The first-order valence-electron chi connectivity index (χ1n) is 8.19. The van der Waals surface area contributed by atoms with Gasteiger partial charge in [0.25, 0.3) is 5.91 Å². The highest BCUT2D eigenvalue weighted by atomic mass is 16.5. The van der Waals surface area contributed by atoms with E-state index in [2.05, 4.69) is 5.10 Å². The number of carbonyl (C=O) groups is 2. The number of nitrogens with zero attached hydrogens (tertiary/aromatic N) is 3. The quantitative estimate of drug-likeness (QED) is 0.907. The van der Waals surface area contributed by atoms with Crippen molar-refractivity contribution in [1.82, 2.24) is 14.7 Å². The number of carbonyl (C=O) groups excluding carboxylic acids is 1. The van der Waals surface area contributed by atoms with Gasteiger partial charge in [-0.2, -0.15) is 5.10 Å². The van der Waals surface area contributed by atoms with E-state index in [-0.39, 0.29) is 24.6 Å². The molecule has 1 aliphatic rings. The van der Waals surface area contributed by atoms with Crippen LogP contribution in [0.4, 0.5) is 0 Å². The highest BCUT2D eigenvalue weighted by molar-refractivity contribution is 5.95. The van der Waals surface area contributed by atoms with Crippen LogP contribution in [0, 0.1) is 12.3 Å². The summed E-state index contributed by atoms with van der Waals surface area (Å²) in [6.45, 7) is 8.76. The summed E-state index contributed by atoms with van der Waals surface area (Å²) in [6, 6.07) is 0. The normalized spacial score (nSPS) is 21.8. The first kappa shape index (κ1) is 18.4. The minimum absolute atomic E-state index is 0.104. The van der Waals surface area contributed by atoms with Crippen LogP contribution in [0.25, 0.3) is 0 Å². The van der Waals surface area contributed by atoms with E-state index >= 15 is 0 Å². The zero-order valence-electron chi connectivity index (χ0n) is 15.1. The van der Waals surface area contributed by atoms with E-state index < -0.39 is 11.4 Å². The average molecular weight is 337 g/mol. The third-order valence-corrected chi connectivity index (χ3v) is 4.61. The second-order valence-electron chi connectivity index (χ2n) is 7.58. The molecule has 0 aliphatic carbocycles. The second-order valence-corrected chi connectivity index (χ2v) is 7.58. The molecule has 24 heavy (non-hydrogen) atoms. The molecule has 7 nitrogen and oxygen atoms in total. The van der Waals surface area contributed by atoms with Gasteiger partial charge in [0, 0.05) is 25.9 Å². The van der Waals surface area contributed by atoms with Crippen LogP contribution in [-0.2, 0) is 15.1 Å². The molecule has 0 radical (unpaired) electrons. The van der Waals surface area contributed by atoms with E-state index in [1.54, 1.807) is 11.1 Å². The summed E-state index contributed by atoms with van der Waals surface area (Å²) >= 11 is 0. The molecule has 2 heterocycles. The van der Waals surface area contributed by atoms with Crippen LogP contribution in [-0.4, -0.2) is 58.5 Å². The molecule has 1 atom stereocenters. The summed E-state index contributed by atoms with van der Waals surface area (Å²) in [5.41, 5.74) is 0.0800. The van der Waals surface area contributed by atoms with Crippen molar-refractivity contribution < 1.29 is 19.4 Å². The van der Waals surface area contributed by atoms with Crippen molar-refractivity contribution in [1.29, 1.82) is 0 Å². The van der Waals surface area contributed by atoms with Crippen molar-refractivity contribution in [2.75, 3.05) is 26.8 Å². The van der Waals surface area contributed by atoms with Gasteiger partial charge in [0.05, 0.1) is 23.9 Å². The maximum atomic E-state index is 12.9. The summed E-state index contributed by atoms with van der Waals surface area (Å²) in [5, 5.41) is 14.0. The molecule has 0 aromatic carbocycles. The molecule has 1 aromatic heterocycles. The summed E-state index contributed by atoms with van der Waals surface area (Å²) in [6.07, 6.45) is 2.74. The molecule has 1 saturated heterocycles. The van der Waals surface area contributed by atoms with E-state index in [1.165, 1.54) is 7.11 Å². The number of likely N-dealkylation sites (tertiary alicyclic amines) is 1. The Morgan fingerprint density at radius 2 is 2.08 bits per heavy atom. The number of hydrogen-bond acceptors (Lipinski definition) is 4. The molecule has 0 bridgehead atoms. The Kier molecular flexibility index (Phi) is 5.03. The van der Waals surface area contributed by atoms with Crippen LogP contribution >= 0.6 is 0 Å². The molecule has 0 spiro atoms. The fourth-order valence-corrected chi connectivity index (χ4v) is 3.40. The van der Waals surface area contributed by atoms with Gasteiger partial charge >= 0.3 is 5.97 Å². The van der Waals surface area contributed by atoms with Gasteiger partial charge in [-0.15, -0.1) is 0 Å². The fraction of sp³-hybridized carbons (Fsp3) is 0.706. The molecule has 1 aliphatic heterocycles. The molecule has 0 saturated carbocycles. The third-order valence-electron chi connectivity index (χ3n) is 4.61. The molecule has 134 valence electrons. The summed E-state index contributed by atoms with van der Waals surface area (Å²) < 4.78 is 6.94. The van der Waals surface area contributed by atoms with Gasteiger partial charge < -0.3 is 14.7 Å². The zero-order chi connectivity index (χ0) is 18.1. The molecule has 1 amide bonds. The van der Waals surface area contributed by atoms with Crippen molar-refractivity contribution in [3.05, 3.63) is 17.5 Å². The Morgan fingerprint density at radius 3 is 2.58 bits per heavy atom. The smallest absolute Gasteiger partial charge is 0.313 e. The average Bonchev–Trinajstić information content (AvgIpc) is 2.88. The lowest BCUT2D eigenvalue weighted by atomic mass is 9.80. The number of aromatic nitrogens is 2. The summed E-state index contributed by atoms with van der Waals surface area (Å²) in [5.74, 6) is -1.08. The molecule has 1 unspecified atom stereocenters. The maximum absolute atomic E-state index is 12.9. The molecule has 7 heteroatoms. The van der Waals surface area contributed by atoms with E-state index in [1.807, 2.05) is 32.4 Å². The fourth-order valence-electron chi connectivity index (χ4n) is 3.40. The maximum Gasteiger partial charge on any atom is 0.313 e. The standard InChI is InChI=1S/C17H27N3O4/c1-12-13(9-18-20(12)16(2,3)4)14(21)19-8-6-7-17(10-19,11-24-5)15(22)23/h9H,6-8,10-11H2,1-5H3,(H,22,23). The number of rotatable bonds is 4. The van der Waals surface area contributed by atoms with Gasteiger partial charge in [-0.05, 0) is 40.5 Å². The Bertz CT molecular complexity index is 628. The molecule has 1 aromatic rings. The van der Waals surface area contributed by atoms with Crippen molar-refractivity contribution in [3.8, 4) is 0 Å². The van der Waals surface area contributed by atoms with Crippen molar-refractivity contribution in [3.63, 3.8) is 0 Å². The highest BCUT2D eigenvalue weighted by Gasteiger charge is 2.44. The minimum Gasteiger partial charge on any atom is -0.481 e. The Morgan fingerprint density at radius 1 is 1.42 bits per heavy atom. The second kappa shape index (κ2) is 6.55. The summed E-state index contributed by atoms with van der Waals surface area (Å²) in [7, 11) is 1.49. The van der Waals surface area contributed by atoms with Crippen molar-refractivity contribution in [2.24, 2.45) is 5.41 Å². The van der Waals surface area contributed by atoms with Gasteiger partial charge in [-0.25, -0.2) is 0 Å². The highest BCUT2D eigenvalue weighted by Crippen LogP contribution is 2.32. The topological polar surface area (TPSA) is 84.7 Å². The number of aliphatic carboxylic acids is 1. The van der Waals surface area contributed by atoms with Gasteiger partial charge in [-0.3, -0.25) is 14.3 Å². The minimum atomic E-state index is -1.03. The van der Waals surface area contributed by atoms with Gasteiger partial charge in [-0.1, -0.05) is 0 Å². The van der Waals surface area contributed by atoms with Crippen LogP contribution in [0.5, 0.6) is 0 Å². The van der Waals surface area contributed by atoms with E-state index in [9.17, 15) is 14.7 Å². The number of carboxylic acid groups (broad SMARTS) is 1. The lowest BCUT2D eigenvalue weighted by Gasteiger charge is -2.39. The van der Waals surface area contributed by atoms with Gasteiger partial charge in [0.2, 0.25) is 0 Å². The molecular formula is C17H27N3O4. The SMILES string of the molecule is COCC1(C(=O)O)CCCN(C(=O)c2cnn(C(C)(C)C)c2C)C1. The molecule has 1 fully saturated rings. The zero-order valence-corrected chi connectivity index (χ0v) is 15.1. The third kappa shape index (κ3) is 3.31. The van der Waals surface area contributed by atoms with Crippen molar-refractivity contribution >= 4 is 11.9 Å². The number of piperidine rings is 1. The van der Waals surface area contributed by atoms with Crippen LogP contribution in [0.15, 0.2) is 6.20 Å². The largest absolute Gasteiger partial charge is 0.481 e. The lowest BCUT2D eigenvalue weighted by Crippen LogP contribution is -2.52. The Labute approximate surface area is 142 Å². The van der Waals surface area contributed by atoms with Crippen LogP contribution in [0.1, 0.15) is 49.7 Å². The van der Waals surface area contributed by atoms with E-state index in [0.717, 1.165) is 5.69 Å². The predicted octanol–water partition coefficient (Wildman–Crippen LogP) is 1.90. The molecular weight excluding hydrogens is 310 g/mol. The predicted molar refractivity (Wildman–Crippen MR) is 89.0 cm³/mol. The number of amides is 1. The Balaban J connectivity index is 2.27. The summed E-state index contributed by atoms with van der Waals surface area (Å²) in [4.78, 5) is 26.3. The van der Waals surface area contributed by atoms with Crippen LogP contribution in [0.3, 0.4) is 0 Å². The lowest BCUT2D eigenvalue weighted by molar-refractivity contribution is -0.155. The van der Waals surface area contributed by atoms with E-state index in [0.29, 0.717) is 24.9 Å². The van der Waals surface area contributed by atoms with Gasteiger partial charge in [0.15, 0.2) is 0 Å². The van der Waals surface area contributed by atoms with Crippen LogP contribution < -0.4 is 0 Å². The first-order valence-corrected chi connectivity index (χ1v) is 8.19. The number of carboxylic acids is 1.